The van der Waals surface area contributed by atoms with Crippen molar-refractivity contribution < 1.29 is 13.2 Å². The summed E-state index contributed by atoms with van der Waals surface area (Å²) in [6.45, 7) is 0.402. The van der Waals surface area contributed by atoms with Crippen LogP contribution < -0.4 is 5.32 Å². The van der Waals surface area contributed by atoms with Gasteiger partial charge in [0.1, 0.15) is 5.54 Å². The van der Waals surface area contributed by atoms with Crippen molar-refractivity contribution in [2.24, 2.45) is 0 Å². The molecule has 5 heteroatoms. The van der Waals surface area contributed by atoms with Crippen LogP contribution in [0.25, 0.3) is 10.9 Å². The predicted molar refractivity (Wildman–Crippen MR) is 63.3 cm³/mol. The van der Waals surface area contributed by atoms with Gasteiger partial charge in [-0.3, -0.25) is 5.32 Å². The molecule has 1 aromatic carbocycles. The molecule has 0 bridgehead atoms. The standard InChI is InChI=1S/C13H13F3N2/c14-13(15,16)12(6-3-7-18-12)10-8-17-11-5-2-1-4-9(10)11/h1-2,4-5,8,17-18H,3,6-7H2. The van der Waals surface area contributed by atoms with E-state index in [0.717, 1.165) is 5.52 Å². The number of H-pyrrole nitrogens is 1. The smallest absolute Gasteiger partial charge is 0.361 e. The Morgan fingerprint density at radius 1 is 1.17 bits per heavy atom. The minimum atomic E-state index is -4.28. The number of aromatic amines is 1. The van der Waals surface area contributed by atoms with E-state index in [2.05, 4.69) is 10.3 Å². The van der Waals surface area contributed by atoms with Crippen LogP contribution in [0.1, 0.15) is 18.4 Å². The van der Waals surface area contributed by atoms with E-state index >= 15 is 0 Å². The van der Waals surface area contributed by atoms with Gasteiger partial charge in [0.15, 0.2) is 0 Å². The maximum absolute atomic E-state index is 13.4. The number of hydrogen-bond acceptors (Lipinski definition) is 1. The fourth-order valence-electron chi connectivity index (χ4n) is 2.79. The van der Waals surface area contributed by atoms with Gasteiger partial charge in [0, 0.05) is 22.7 Å². The monoisotopic (exact) mass is 254 g/mol. The second-order valence-electron chi connectivity index (χ2n) is 4.68. The molecular weight excluding hydrogens is 241 g/mol. The zero-order chi connectivity index (χ0) is 12.8. The highest BCUT2D eigenvalue weighted by molar-refractivity contribution is 5.84. The minimum Gasteiger partial charge on any atom is -0.361 e. The summed E-state index contributed by atoms with van der Waals surface area (Å²) in [5.41, 5.74) is -0.847. The number of nitrogens with one attached hydrogen (secondary N) is 2. The van der Waals surface area contributed by atoms with Crippen LogP contribution in [-0.2, 0) is 5.54 Å². The lowest BCUT2D eigenvalue weighted by molar-refractivity contribution is -0.195. The van der Waals surface area contributed by atoms with Crippen LogP contribution in [0.2, 0.25) is 0 Å². The number of fused-ring (bicyclic) bond motifs is 1. The molecule has 2 aromatic rings. The fraction of sp³-hybridized carbons (Fsp3) is 0.385. The Morgan fingerprint density at radius 2 is 1.94 bits per heavy atom. The minimum absolute atomic E-state index is 0.0956. The lowest BCUT2D eigenvalue weighted by atomic mass is 9.87. The average molecular weight is 254 g/mol. The van der Waals surface area contributed by atoms with Crippen molar-refractivity contribution in [1.82, 2.24) is 10.3 Å². The van der Waals surface area contributed by atoms with Gasteiger partial charge in [-0.15, -0.1) is 0 Å². The molecule has 1 fully saturated rings. The Kier molecular flexibility index (Phi) is 2.41. The molecule has 2 heterocycles. The van der Waals surface area contributed by atoms with Gasteiger partial charge in [-0.25, -0.2) is 0 Å². The molecule has 1 aromatic heterocycles. The number of halogens is 3. The van der Waals surface area contributed by atoms with E-state index in [0.29, 0.717) is 23.9 Å². The zero-order valence-corrected chi connectivity index (χ0v) is 9.64. The van der Waals surface area contributed by atoms with Gasteiger partial charge >= 0.3 is 6.18 Å². The lowest BCUT2D eigenvalue weighted by Gasteiger charge is -2.31. The van der Waals surface area contributed by atoms with Crippen LogP contribution in [0, 0.1) is 0 Å². The van der Waals surface area contributed by atoms with Crippen LogP contribution in [0.5, 0.6) is 0 Å². The molecule has 2 nitrogen and oxygen atoms in total. The first-order chi connectivity index (χ1) is 8.55. The third kappa shape index (κ3) is 1.47. The average Bonchev–Trinajstić information content (AvgIpc) is 2.94. The highest BCUT2D eigenvalue weighted by Crippen LogP contribution is 2.46. The number of para-hydroxylation sites is 1. The van der Waals surface area contributed by atoms with E-state index in [-0.39, 0.29) is 6.42 Å². The first-order valence-electron chi connectivity index (χ1n) is 5.93. The SMILES string of the molecule is FC(F)(F)C1(c2c[nH]c3ccccc23)CCCN1. The molecule has 1 aliphatic rings. The molecule has 18 heavy (non-hydrogen) atoms. The summed E-state index contributed by atoms with van der Waals surface area (Å²) in [5, 5.41) is 3.30. The Morgan fingerprint density at radius 3 is 2.61 bits per heavy atom. The van der Waals surface area contributed by atoms with Crippen molar-refractivity contribution in [3.63, 3.8) is 0 Å². The largest absolute Gasteiger partial charge is 0.410 e. The van der Waals surface area contributed by atoms with E-state index in [1.54, 1.807) is 18.2 Å². The maximum Gasteiger partial charge on any atom is 0.410 e. The molecule has 2 N–H and O–H groups in total. The third-order valence-electron chi connectivity index (χ3n) is 3.69. The number of aromatic nitrogens is 1. The molecule has 1 atom stereocenters. The summed E-state index contributed by atoms with van der Waals surface area (Å²) in [6.07, 6.45) is -2.16. The normalized spacial score (nSPS) is 24.8. The molecule has 0 amide bonds. The molecule has 96 valence electrons. The third-order valence-corrected chi connectivity index (χ3v) is 3.69. The highest BCUT2D eigenvalue weighted by atomic mass is 19.4. The van der Waals surface area contributed by atoms with Crippen LogP contribution in [0.3, 0.4) is 0 Å². The summed E-state index contributed by atoms with van der Waals surface area (Å²) < 4.78 is 40.3. The number of rotatable bonds is 1. The van der Waals surface area contributed by atoms with Gasteiger partial charge in [0.25, 0.3) is 0 Å². The number of hydrogen-bond donors (Lipinski definition) is 2. The lowest BCUT2D eigenvalue weighted by Crippen LogP contribution is -2.49. The van der Waals surface area contributed by atoms with E-state index in [1.165, 1.54) is 6.20 Å². The summed E-state index contributed by atoms with van der Waals surface area (Å²) >= 11 is 0. The fourth-order valence-corrected chi connectivity index (χ4v) is 2.79. The predicted octanol–water partition coefficient (Wildman–Crippen LogP) is 3.31. The second-order valence-corrected chi connectivity index (χ2v) is 4.68. The van der Waals surface area contributed by atoms with E-state index in [9.17, 15) is 13.2 Å². The molecule has 0 radical (unpaired) electrons. The Balaban J connectivity index is 2.22. The van der Waals surface area contributed by atoms with Crippen LogP contribution in [-0.4, -0.2) is 17.7 Å². The van der Waals surface area contributed by atoms with Crippen molar-refractivity contribution in [3.8, 4) is 0 Å². The van der Waals surface area contributed by atoms with Gasteiger partial charge in [-0.2, -0.15) is 13.2 Å². The second kappa shape index (κ2) is 3.75. The van der Waals surface area contributed by atoms with Crippen molar-refractivity contribution in [2.75, 3.05) is 6.54 Å². The van der Waals surface area contributed by atoms with Gasteiger partial charge in [-0.05, 0) is 25.5 Å². The van der Waals surface area contributed by atoms with Gasteiger partial charge in [0.05, 0.1) is 0 Å². The van der Waals surface area contributed by atoms with Gasteiger partial charge in [0.2, 0.25) is 0 Å². The summed E-state index contributed by atoms with van der Waals surface area (Å²) in [5.74, 6) is 0. The maximum atomic E-state index is 13.4. The highest BCUT2D eigenvalue weighted by Gasteiger charge is 2.57. The number of benzene rings is 1. The van der Waals surface area contributed by atoms with Crippen LogP contribution in [0.4, 0.5) is 13.2 Å². The molecule has 1 aliphatic heterocycles. The topological polar surface area (TPSA) is 27.8 Å². The van der Waals surface area contributed by atoms with Gasteiger partial charge < -0.3 is 4.98 Å². The molecular formula is C13H13F3N2. The van der Waals surface area contributed by atoms with Crippen molar-refractivity contribution in [2.45, 2.75) is 24.6 Å². The van der Waals surface area contributed by atoms with Crippen molar-refractivity contribution in [3.05, 3.63) is 36.0 Å². The summed E-state index contributed by atoms with van der Waals surface area (Å²) in [6, 6.07) is 7.09. The Bertz CT molecular complexity index is 565. The van der Waals surface area contributed by atoms with Crippen LogP contribution >= 0.6 is 0 Å². The molecule has 0 aliphatic carbocycles. The summed E-state index contributed by atoms with van der Waals surface area (Å²) in [4.78, 5) is 2.92. The Labute approximate surface area is 102 Å². The Hall–Kier alpha value is -1.49. The summed E-state index contributed by atoms with van der Waals surface area (Å²) in [7, 11) is 0. The van der Waals surface area contributed by atoms with E-state index in [1.807, 2.05) is 6.07 Å². The molecule has 1 unspecified atom stereocenters. The zero-order valence-electron chi connectivity index (χ0n) is 9.64. The van der Waals surface area contributed by atoms with E-state index < -0.39 is 11.7 Å². The molecule has 0 saturated carbocycles. The first-order valence-corrected chi connectivity index (χ1v) is 5.93. The molecule has 3 rings (SSSR count). The molecule has 1 saturated heterocycles. The van der Waals surface area contributed by atoms with Crippen molar-refractivity contribution >= 4 is 10.9 Å². The van der Waals surface area contributed by atoms with Gasteiger partial charge in [-0.1, -0.05) is 18.2 Å². The first kappa shape index (κ1) is 11.6. The van der Waals surface area contributed by atoms with E-state index in [4.69, 9.17) is 0 Å². The number of alkyl halides is 3. The van der Waals surface area contributed by atoms with Crippen LogP contribution in [0.15, 0.2) is 30.5 Å². The van der Waals surface area contributed by atoms with Crippen molar-refractivity contribution in [1.29, 1.82) is 0 Å². The molecule has 0 spiro atoms. The quantitative estimate of drug-likeness (QED) is 0.802.